The zero-order chi connectivity index (χ0) is 45.6. The molecule has 0 aromatic rings. The van der Waals surface area contributed by atoms with Crippen LogP contribution in [0.4, 0.5) is 0 Å². The van der Waals surface area contributed by atoms with Gasteiger partial charge in [-0.05, 0) is 55.4 Å². The Bertz CT molecular complexity index is 1330. The molecule has 3 N–H and O–H groups in total. The molecule has 0 saturated heterocycles. The van der Waals surface area contributed by atoms with Crippen molar-refractivity contribution in [2.45, 2.75) is 93.6 Å². The standard InChI is InChI=1S/C30H37Cl12N3O12/c1-22(2,9-14(46)27(31,32)33)18(50)54-10-26(11-55-19(51)23(3,4)43-15(47)28(34,35)36,12-56-20(52)24(5,6)44-16(48)29(37,38)39)13-57-21(53)25(7,8)45-17(49)30(40,41)42/h9-13H2,1-8H3,(H,43,47)(H,44,48)(H,45,49). The third-order valence-electron chi connectivity index (χ3n) is 7.09. The Morgan fingerprint density at radius 1 is 0.386 bits per heavy atom. The van der Waals surface area contributed by atoms with Crippen molar-refractivity contribution in [1.82, 2.24) is 16.0 Å². The van der Waals surface area contributed by atoms with Gasteiger partial charge in [-0.1, -0.05) is 139 Å². The van der Waals surface area contributed by atoms with Crippen LogP contribution in [0.1, 0.15) is 61.8 Å². The van der Waals surface area contributed by atoms with Gasteiger partial charge in [0.2, 0.25) is 3.79 Å². The molecular weight excluding hydrogens is 1020 g/mol. The van der Waals surface area contributed by atoms with Gasteiger partial charge in [-0.3, -0.25) is 24.0 Å². The fourth-order valence-electron chi connectivity index (χ4n) is 3.65. The summed E-state index contributed by atoms with van der Waals surface area (Å²) < 4.78 is 11.9. The lowest BCUT2D eigenvalue weighted by molar-refractivity contribution is -0.180. The number of nitrogens with one attached hydrogen (secondary N) is 3. The lowest BCUT2D eigenvalue weighted by atomic mass is 9.87. The van der Waals surface area contributed by atoms with Crippen molar-refractivity contribution in [3.8, 4) is 0 Å². The highest BCUT2D eigenvalue weighted by molar-refractivity contribution is 6.78. The predicted molar refractivity (Wildman–Crippen MR) is 217 cm³/mol. The first kappa shape index (κ1) is 56.4. The van der Waals surface area contributed by atoms with Crippen molar-refractivity contribution in [2.75, 3.05) is 26.4 Å². The molecule has 3 amide bonds. The highest BCUT2D eigenvalue weighted by Gasteiger charge is 2.47. The van der Waals surface area contributed by atoms with Crippen LogP contribution in [0.3, 0.4) is 0 Å². The molecule has 0 aromatic carbocycles. The van der Waals surface area contributed by atoms with Gasteiger partial charge in [0.25, 0.3) is 29.1 Å². The minimum absolute atomic E-state index is 0.667. The second-order valence-corrected chi connectivity index (χ2v) is 23.6. The summed E-state index contributed by atoms with van der Waals surface area (Å²) in [6, 6.07) is 0. The van der Waals surface area contributed by atoms with E-state index in [0.29, 0.717) is 0 Å². The quantitative estimate of drug-likeness (QED) is 0.0834. The van der Waals surface area contributed by atoms with E-state index >= 15 is 0 Å². The molecule has 0 fully saturated rings. The zero-order valence-corrected chi connectivity index (χ0v) is 40.0. The van der Waals surface area contributed by atoms with Gasteiger partial charge in [0.05, 0.1) is 5.41 Å². The largest absolute Gasteiger partial charge is 0.464 e. The van der Waals surface area contributed by atoms with E-state index < -0.39 is 123 Å². The Morgan fingerprint density at radius 3 is 0.825 bits per heavy atom. The first-order valence-electron chi connectivity index (χ1n) is 15.5. The highest BCUT2D eigenvalue weighted by Crippen LogP contribution is 2.35. The minimum atomic E-state index is -2.52. The van der Waals surface area contributed by atoms with E-state index in [1.807, 2.05) is 0 Å². The highest BCUT2D eigenvalue weighted by atomic mass is 35.6. The van der Waals surface area contributed by atoms with Crippen LogP contribution in [0.15, 0.2) is 0 Å². The molecular formula is C30H37Cl12N3O12. The lowest BCUT2D eigenvalue weighted by Gasteiger charge is -2.36. The van der Waals surface area contributed by atoms with Crippen LogP contribution in [0.25, 0.3) is 0 Å². The number of ketones is 1. The summed E-state index contributed by atoms with van der Waals surface area (Å²) in [5.74, 6) is -9.49. The van der Waals surface area contributed by atoms with Crippen molar-refractivity contribution >= 4 is 187 Å². The maximum atomic E-state index is 13.4. The number of halogens is 12. The van der Waals surface area contributed by atoms with E-state index in [1.165, 1.54) is 13.8 Å². The molecule has 15 nitrogen and oxygen atoms in total. The summed E-state index contributed by atoms with van der Waals surface area (Å²) in [4.78, 5) is 103. The van der Waals surface area contributed by atoms with Crippen molar-refractivity contribution < 1.29 is 57.3 Å². The number of rotatable bonds is 17. The maximum Gasteiger partial charge on any atom is 0.331 e. The van der Waals surface area contributed by atoms with Gasteiger partial charge in [-0.15, -0.1) is 0 Å². The monoisotopic (exact) mass is 1050 g/mol. The number of Topliss-reactive ketones (excluding diaryl/α,β-unsaturated/α-hetero) is 1. The van der Waals surface area contributed by atoms with Crippen molar-refractivity contribution in [3.63, 3.8) is 0 Å². The van der Waals surface area contributed by atoms with Crippen LogP contribution < -0.4 is 16.0 Å². The molecule has 0 unspecified atom stereocenters. The van der Waals surface area contributed by atoms with Crippen molar-refractivity contribution in [2.24, 2.45) is 10.8 Å². The van der Waals surface area contributed by atoms with E-state index in [1.54, 1.807) is 0 Å². The first-order chi connectivity index (χ1) is 25.0. The van der Waals surface area contributed by atoms with Crippen LogP contribution in [0.2, 0.25) is 0 Å². The summed E-state index contributed by atoms with van der Waals surface area (Å²) >= 11 is 67.6. The van der Waals surface area contributed by atoms with Crippen LogP contribution >= 0.6 is 139 Å². The molecule has 0 aromatic heterocycles. The van der Waals surface area contributed by atoms with Gasteiger partial charge >= 0.3 is 23.9 Å². The Kier molecular flexibility index (Phi) is 20.3. The van der Waals surface area contributed by atoms with Crippen LogP contribution in [-0.2, 0) is 57.3 Å². The molecule has 0 spiro atoms. The summed E-state index contributed by atoms with van der Waals surface area (Å²) in [7, 11) is 0. The van der Waals surface area contributed by atoms with Gasteiger partial charge < -0.3 is 34.9 Å². The first-order valence-corrected chi connectivity index (χ1v) is 20.0. The molecule has 0 atom stereocenters. The molecule has 0 saturated carbocycles. The van der Waals surface area contributed by atoms with Crippen LogP contribution in [0, 0.1) is 10.8 Å². The minimum Gasteiger partial charge on any atom is -0.464 e. The normalized spacial score (nSPS) is 13.5. The summed E-state index contributed by atoms with van der Waals surface area (Å²) in [6.45, 7) is 5.58. The number of amides is 3. The van der Waals surface area contributed by atoms with Crippen molar-refractivity contribution in [1.29, 1.82) is 0 Å². The van der Waals surface area contributed by atoms with Crippen LogP contribution in [0.5, 0.6) is 0 Å². The molecule has 0 aliphatic rings. The maximum absolute atomic E-state index is 13.4. The van der Waals surface area contributed by atoms with Crippen molar-refractivity contribution in [3.05, 3.63) is 0 Å². The molecule has 0 radical (unpaired) electrons. The van der Waals surface area contributed by atoms with Gasteiger partial charge in [-0.2, -0.15) is 0 Å². The van der Waals surface area contributed by atoms with E-state index in [0.717, 1.165) is 41.5 Å². The SMILES string of the molecule is CC(C)(CC(=O)C(Cl)(Cl)Cl)C(=O)OCC(COC(=O)C(C)(C)NC(=O)C(Cl)(Cl)Cl)(COC(=O)C(C)(C)NC(=O)C(Cl)(Cl)Cl)COC(=O)C(C)(C)NC(=O)C(Cl)(Cl)Cl. The summed E-state index contributed by atoms with van der Waals surface area (Å²) in [5, 5.41) is 6.48. The number of hydrogen-bond donors (Lipinski definition) is 3. The smallest absolute Gasteiger partial charge is 0.331 e. The number of ether oxygens (including phenoxy) is 4. The number of carbonyl (C=O) groups is 8. The number of carbonyl (C=O) groups excluding carboxylic acids is 8. The van der Waals surface area contributed by atoms with Crippen LogP contribution in [-0.4, -0.2) is 106 Å². The molecule has 328 valence electrons. The Morgan fingerprint density at radius 2 is 0.614 bits per heavy atom. The molecule has 0 aliphatic carbocycles. The fourth-order valence-corrected chi connectivity index (χ4v) is 4.28. The Balaban J connectivity index is 7.15. The average molecular weight is 1060 g/mol. The molecule has 0 rings (SSSR count). The molecule has 0 bridgehead atoms. The van der Waals surface area contributed by atoms with E-state index in [9.17, 15) is 38.4 Å². The summed E-state index contributed by atoms with van der Waals surface area (Å²) in [6.07, 6.45) is -0.667. The predicted octanol–water partition coefficient (Wildman–Crippen LogP) is 6.30. The van der Waals surface area contributed by atoms with E-state index in [4.69, 9.17) is 158 Å². The van der Waals surface area contributed by atoms with Gasteiger partial charge in [-0.25, -0.2) is 14.4 Å². The topological polar surface area (TPSA) is 210 Å². The zero-order valence-electron chi connectivity index (χ0n) is 31.0. The van der Waals surface area contributed by atoms with Gasteiger partial charge in [0.1, 0.15) is 48.5 Å². The third kappa shape index (κ3) is 18.9. The average Bonchev–Trinajstić information content (AvgIpc) is 3.00. The third-order valence-corrected chi connectivity index (χ3v) is 9.27. The van der Waals surface area contributed by atoms with E-state index in [2.05, 4.69) is 16.0 Å². The summed E-state index contributed by atoms with van der Waals surface area (Å²) in [5.41, 5.74) is -9.64. The fraction of sp³-hybridized carbons (Fsp3) is 0.733. The second-order valence-electron chi connectivity index (χ2n) is 14.5. The lowest BCUT2D eigenvalue weighted by Crippen LogP contribution is -2.57. The Labute approximate surface area is 387 Å². The van der Waals surface area contributed by atoms with E-state index in [-0.39, 0.29) is 0 Å². The molecule has 0 aliphatic heterocycles. The number of alkyl halides is 12. The molecule has 27 heteroatoms. The molecule has 57 heavy (non-hydrogen) atoms. The second kappa shape index (κ2) is 20.5. The molecule has 0 heterocycles. The number of hydrogen-bond acceptors (Lipinski definition) is 12. The number of esters is 4. The van der Waals surface area contributed by atoms with Gasteiger partial charge in [0.15, 0.2) is 5.78 Å². The Hall–Kier alpha value is -0.560. The van der Waals surface area contributed by atoms with Gasteiger partial charge in [0, 0.05) is 6.42 Å².